The zero-order valence-electron chi connectivity index (χ0n) is 10.1. The van der Waals surface area contributed by atoms with Crippen LogP contribution < -0.4 is 5.73 Å². The number of carbonyl (C=O) groups is 1. The van der Waals surface area contributed by atoms with Gasteiger partial charge in [-0.25, -0.2) is 4.68 Å². The van der Waals surface area contributed by atoms with Crippen LogP contribution in [0.2, 0.25) is 0 Å². The number of halogens is 1. The smallest absolute Gasteiger partial charge is 0.253 e. The van der Waals surface area contributed by atoms with Crippen LogP contribution in [0.4, 0.5) is 5.69 Å². The van der Waals surface area contributed by atoms with Gasteiger partial charge in [0.2, 0.25) is 0 Å². The fraction of sp³-hybridized carbons (Fsp3) is 0.167. The van der Waals surface area contributed by atoms with Crippen molar-refractivity contribution >= 4 is 27.5 Å². The van der Waals surface area contributed by atoms with E-state index in [4.69, 9.17) is 5.73 Å². The standard InChI is InChI=1S/C12H13BrN4O/c1-16(2)12(18)8-3-4-10(14)11(5-8)17-7-9(13)6-15-17/h3-7H,14H2,1-2H3. The Morgan fingerprint density at radius 3 is 2.72 bits per heavy atom. The molecule has 6 heteroatoms. The van der Waals surface area contributed by atoms with Crippen LogP contribution in [0.5, 0.6) is 0 Å². The second kappa shape index (κ2) is 4.81. The summed E-state index contributed by atoms with van der Waals surface area (Å²) in [6, 6.07) is 5.15. The maximum atomic E-state index is 11.9. The lowest BCUT2D eigenvalue weighted by Crippen LogP contribution is -2.22. The van der Waals surface area contributed by atoms with Gasteiger partial charge in [0.05, 0.1) is 22.0 Å². The molecule has 0 spiro atoms. The Morgan fingerprint density at radius 1 is 1.44 bits per heavy atom. The van der Waals surface area contributed by atoms with Crippen LogP contribution in [0.1, 0.15) is 10.4 Å². The Labute approximate surface area is 113 Å². The lowest BCUT2D eigenvalue weighted by atomic mass is 10.1. The van der Waals surface area contributed by atoms with E-state index in [-0.39, 0.29) is 5.91 Å². The molecule has 5 nitrogen and oxygen atoms in total. The molecule has 1 aromatic carbocycles. The molecule has 18 heavy (non-hydrogen) atoms. The maximum absolute atomic E-state index is 11.9. The molecular formula is C12H13BrN4O. The zero-order valence-corrected chi connectivity index (χ0v) is 11.7. The Balaban J connectivity index is 2.48. The highest BCUT2D eigenvalue weighted by atomic mass is 79.9. The van der Waals surface area contributed by atoms with Crippen LogP contribution in [0.15, 0.2) is 35.1 Å². The summed E-state index contributed by atoms with van der Waals surface area (Å²) in [6.07, 6.45) is 3.45. The first-order chi connectivity index (χ1) is 8.49. The summed E-state index contributed by atoms with van der Waals surface area (Å²) in [5.74, 6) is -0.0672. The van der Waals surface area contributed by atoms with Crippen molar-refractivity contribution in [2.45, 2.75) is 0 Å². The van der Waals surface area contributed by atoms with Crippen molar-refractivity contribution in [3.8, 4) is 5.69 Å². The minimum atomic E-state index is -0.0672. The molecule has 0 radical (unpaired) electrons. The van der Waals surface area contributed by atoms with E-state index in [0.29, 0.717) is 16.9 Å². The van der Waals surface area contributed by atoms with Gasteiger partial charge in [0.25, 0.3) is 5.91 Å². The van der Waals surface area contributed by atoms with Gasteiger partial charge in [0.15, 0.2) is 0 Å². The average molecular weight is 309 g/mol. The molecule has 2 N–H and O–H groups in total. The molecule has 0 unspecified atom stereocenters. The zero-order chi connectivity index (χ0) is 13.3. The first kappa shape index (κ1) is 12.6. The van der Waals surface area contributed by atoms with E-state index >= 15 is 0 Å². The lowest BCUT2D eigenvalue weighted by Gasteiger charge is -2.12. The monoisotopic (exact) mass is 308 g/mol. The van der Waals surface area contributed by atoms with Gasteiger partial charge in [-0.05, 0) is 34.1 Å². The summed E-state index contributed by atoms with van der Waals surface area (Å²) in [6.45, 7) is 0. The minimum absolute atomic E-state index is 0.0672. The van der Waals surface area contributed by atoms with Gasteiger partial charge in [-0.15, -0.1) is 0 Å². The minimum Gasteiger partial charge on any atom is -0.397 e. The molecule has 94 valence electrons. The topological polar surface area (TPSA) is 64.2 Å². The molecule has 0 aliphatic rings. The molecule has 0 fully saturated rings. The van der Waals surface area contributed by atoms with Crippen LogP contribution in [0, 0.1) is 0 Å². The highest BCUT2D eigenvalue weighted by Crippen LogP contribution is 2.20. The third-order valence-corrected chi connectivity index (χ3v) is 2.89. The SMILES string of the molecule is CN(C)C(=O)c1ccc(N)c(-n2cc(Br)cn2)c1. The van der Waals surface area contributed by atoms with Gasteiger partial charge in [0, 0.05) is 25.9 Å². The molecule has 0 aliphatic heterocycles. The number of hydrogen-bond donors (Lipinski definition) is 1. The first-order valence-electron chi connectivity index (χ1n) is 5.31. The largest absolute Gasteiger partial charge is 0.397 e. The molecule has 1 aromatic heterocycles. The van der Waals surface area contributed by atoms with Crippen LogP contribution in [-0.4, -0.2) is 34.7 Å². The molecule has 2 rings (SSSR count). The summed E-state index contributed by atoms with van der Waals surface area (Å²) in [7, 11) is 3.42. The van der Waals surface area contributed by atoms with Gasteiger partial charge >= 0.3 is 0 Å². The molecule has 2 aromatic rings. The normalized spacial score (nSPS) is 10.4. The molecule has 1 heterocycles. The fourth-order valence-corrected chi connectivity index (χ4v) is 1.85. The van der Waals surface area contributed by atoms with Gasteiger partial charge in [-0.2, -0.15) is 5.10 Å². The van der Waals surface area contributed by atoms with Gasteiger partial charge in [-0.3, -0.25) is 4.79 Å². The summed E-state index contributed by atoms with van der Waals surface area (Å²) in [5.41, 5.74) is 7.74. The lowest BCUT2D eigenvalue weighted by molar-refractivity contribution is 0.0827. The molecule has 0 saturated heterocycles. The van der Waals surface area contributed by atoms with Gasteiger partial charge < -0.3 is 10.6 Å². The highest BCUT2D eigenvalue weighted by Gasteiger charge is 2.11. The van der Waals surface area contributed by atoms with E-state index < -0.39 is 0 Å². The third kappa shape index (κ3) is 2.38. The van der Waals surface area contributed by atoms with E-state index in [9.17, 15) is 4.79 Å². The second-order valence-corrected chi connectivity index (χ2v) is 4.99. The van der Waals surface area contributed by atoms with Crippen molar-refractivity contribution < 1.29 is 4.79 Å². The fourth-order valence-electron chi connectivity index (χ4n) is 1.57. The second-order valence-electron chi connectivity index (χ2n) is 4.08. The highest BCUT2D eigenvalue weighted by molar-refractivity contribution is 9.10. The number of nitrogens with two attached hydrogens (primary N) is 1. The van der Waals surface area contributed by atoms with Crippen molar-refractivity contribution in [3.63, 3.8) is 0 Å². The number of nitrogens with zero attached hydrogens (tertiary/aromatic N) is 3. The van der Waals surface area contributed by atoms with Crippen LogP contribution in [0.3, 0.4) is 0 Å². The Kier molecular flexibility index (Phi) is 3.38. The first-order valence-corrected chi connectivity index (χ1v) is 6.10. The summed E-state index contributed by atoms with van der Waals surface area (Å²) in [5, 5.41) is 4.16. The molecular weight excluding hydrogens is 296 g/mol. The van der Waals surface area contributed by atoms with Crippen molar-refractivity contribution in [1.29, 1.82) is 0 Å². The van der Waals surface area contributed by atoms with E-state index in [1.165, 1.54) is 4.90 Å². The van der Waals surface area contributed by atoms with E-state index in [1.807, 2.05) is 0 Å². The number of benzene rings is 1. The van der Waals surface area contributed by atoms with Gasteiger partial charge in [-0.1, -0.05) is 0 Å². The van der Waals surface area contributed by atoms with Crippen molar-refractivity contribution in [1.82, 2.24) is 14.7 Å². The van der Waals surface area contributed by atoms with Crippen molar-refractivity contribution in [3.05, 3.63) is 40.6 Å². The number of nitrogen functional groups attached to an aromatic ring is 1. The number of rotatable bonds is 2. The quantitative estimate of drug-likeness (QED) is 0.862. The number of anilines is 1. The predicted octanol–water partition coefficient (Wildman–Crippen LogP) is 1.92. The maximum Gasteiger partial charge on any atom is 0.253 e. The summed E-state index contributed by atoms with van der Waals surface area (Å²) >= 11 is 3.33. The molecule has 0 saturated carbocycles. The van der Waals surface area contributed by atoms with Crippen molar-refractivity contribution in [2.75, 3.05) is 19.8 Å². The van der Waals surface area contributed by atoms with Gasteiger partial charge in [0.1, 0.15) is 0 Å². The number of carbonyl (C=O) groups excluding carboxylic acids is 1. The predicted molar refractivity (Wildman–Crippen MR) is 73.7 cm³/mol. The Morgan fingerprint density at radius 2 is 2.17 bits per heavy atom. The van der Waals surface area contributed by atoms with E-state index in [1.54, 1.807) is 49.4 Å². The summed E-state index contributed by atoms with van der Waals surface area (Å²) < 4.78 is 2.48. The number of aromatic nitrogens is 2. The Bertz CT molecular complexity index is 592. The third-order valence-electron chi connectivity index (χ3n) is 2.48. The molecule has 0 bridgehead atoms. The molecule has 1 amide bonds. The Hall–Kier alpha value is -1.82. The summed E-state index contributed by atoms with van der Waals surface area (Å²) in [4.78, 5) is 13.4. The number of amides is 1. The van der Waals surface area contributed by atoms with E-state index in [0.717, 1.165) is 4.47 Å². The molecule has 0 atom stereocenters. The van der Waals surface area contributed by atoms with Crippen LogP contribution in [-0.2, 0) is 0 Å². The van der Waals surface area contributed by atoms with Crippen molar-refractivity contribution in [2.24, 2.45) is 0 Å². The average Bonchev–Trinajstić information content (AvgIpc) is 2.75. The van der Waals surface area contributed by atoms with E-state index in [2.05, 4.69) is 21.0 Å². The number of hydrogen-bond acceptors (Lipinski definition) is 3. The van der Waals surface area contributed by atoms with Crippen LogP contribution in [0.25, 0.3) is 5.69 Å². The van der Waals surface area contributed by atoms with Crippen LogP contribution >= 0.6 is 15.9 Å². The molecule has 0 aliphatic carbocycles.